The van der Waals surface area contributed by atoms with Gasteiger partial charge in [0, 0.05) is 5.69 Å². The number of nitrogens with one attached hydrogen (secondary N) is 3. The third kappa shape index (κ3) is 1.19. The Labute approximate surface area is 91.6 Å². The number of hydrogen-bond donors (Lipinski definition) is 3. The summed E-state index contributed by atoms with van der Waals surface area (Å²) >= 11 is 0. The van der Waals surface area contributed by atoms with Crippen LogP contribution in [0.25, 0.3) is 0 Å². The molecule has 3 rings (SSSR count). The van der Waals surface area contributed by atoms with Gasteiger partial charge in [0.25, 0.3) is 0 Å². The van der Waals surface area contributed by atoms with E-state index >= 15 is 0 Å². The minimum Gasteiger partial charge on any atom is -0.314 e. The van der Waals surface area contributed by atoms with E-state index in [9.17, 15) is 9.59 Å². The second-order valence-corrected chi connectivity index (χ2v) is 3.70. The van der Waals surface area contributed by atoms with Crippen LogP contribution < -0.4 is 20.9 Å². The predicted octanol–water partition coefficient (Wildman–Crippen LogP) is 0.181. The van der Waals surface area contributed by atoms with Crippen LogP contribution in [-0.4, -0.2) is 24.4 Å². The van der Waals surface area contributed by atoms with E-state index in [2.05, 4.69) is 16.0 Å². The van der Waals surface area contributed by atoms with Crippen molar-refractivity contribution in [1.82, 2.24) is 16.0 Å². The number of rotatable bonds is 1. The Morgan fingerprint density at radius 3 is 2.50 bits per heavy atom. The quantitative estimate of drug-likeness (QED) is 0.629. The average Bonchev–Trinajstić information content (AvgIpc) is 2.74. The van der Waals surface area contributed by atoms with Gasteiger partial charge in [-0.2, -0.15) is 0 Å². The Bertz CT molecular complexity index is 447. The molecular weight excluding hydrogens is 208 g/mol. The van der Waals surface area contributed by atoms with Crippen LogP contribution in [0.15, 0.2) is 30.3 Å². The van der Waals surface area contributed by atoms with Gasteiger partial charge in [-0.15, -0.1) is 0 Å². The highest BCUT2D eigenvalue weighted by atomic mass is 16.2. The van der Waals surface area contributed by atoms with E-state index in [1.54, 1.807) is 0 Å². The third-order valence-corrected chi connectivity index (χ3v) is 2.69. The maximum atomic E-state index is 11.7. The van der Waals surface area contributed by atoms with Crippen molar-refractivity contribution in [2.24, 2.45) is 0 Å². The molecule has 6 heteroatoms. The Morgan fingerprint density at radius 2 is 1.75 bits per heavy atom. The molecule has 0 radical (unpaired) electrons. The van der Waals surface area contributed by atoms with Gasteiger partial charge in [-0.3, -0.25) is 4.90 Å². The second kappa shape index (κ2) is 3.13. The summed E-state index contributed by atoms with van der Waals surface area (Å²) in [6, 6.07) is 8.74. The second-order valence-electron chi connectivity index (χ2n) is 3.70. The monoisotopic (exact) mass is 218 g/mol. The van der Waals surface area contributed by atoms with E-state index < -0.39 is 0 Å². The minimum absolute atomic E-state index is 0.214. The summed E-state index contributed by atoms with van der Waals surface area (Å²) in [6.07, 6.45) is -0.720. The van der Waals surface area contributed by atoms with Gasteiger partial charge in [0.2, 0.25) is 0 Å². The van der Waals surface area contributed by atoms with Crippen LogP contribution in [0.3, 0.4) is 0 Å². The smallest absolute Gasteiger partial charge is 0.314 e. The van der Waals surface area contributed by atoms with Crippen molar-refractivity contribution >= 4 is 17.7 Å². The summed E-state index contributed by atoms with van der Waals surface area (Å²) in [7, 11) is 0. The van der Waals surface area contributed by atoms with Gasteiger partial charge in [-0.05, 0) is 12.1 Å². The Morgan fingerprint density at radius 1 is 1.00 bits per heavy atom. The summed E-state index contributed by atoms with van der Waals surface area (Å²) in [4.78, 5) is 24.4. The van der Waals surface area contributed by atoms with E-state index in [0.717, 1.165) is 5.69 Å². The van der Waals surface area contributed by atoms with E-state index in [1.807, 2.05) is 30.3 Å². The number of carbonyl (C=O) groups is 2. The highest BCUT2D eigenvalue weighted by Gasteiger charge is 2.46. The van der Waals surface area contributed by atoms with Crippen molar-refractivity contribution in [3.05, 3.63) is 30.3 Å². The van der Waals surface area contributed by atoms with E-state index in [0.29, 0.717) is 0 Å². The molecule has 1 aromatic carbocycles. The first-order valence-corrected chi connectivity index (χ1v) is 4.97. The molecule has 0 aliphatic carbocycles. The van der Waals surface area contributed by atoms with Crippen LogP contribution in [0.5, 0.6) is 0 Å². The number of carbonyl (C=O) groups excluding carboxylic acids is 2. The lowest BCUT2D eigenvalue weighted by Gasteiger charge is -2.20. The van der Waals surface area contributed by atoms with E-state index in [-0.39, 0.29) is 24.4 Å². The van der Waals surface area contributed by atoms with Crippen molar-refractivity contribution < 1.29 is 9.59 Å². The van der Waals surface area contributed by atoms with Crippen molar-refractivity contribution in [2.45, 2.75) is 12.3 Å². The van der Waals surface area contributed by atoms with Crippen LogP contribution in [0.2, 0.25) is 0 Å². The number of nitrogens with zero attached hydrogens (tertiary/aromatic N) is 1. The van der Waals surface area contributed by atoms with Crippen molar-refractivity contribution in [3.63, 3.8) is 0 Å². The van der Waals surface area contributed by atoms with E-state index in [1.165, 1.54) is 4.90 Å². The molecule has 6 nitrogen and oxygen atoms in total. The SMILES string of the molecule is O=C1N[C@H]2NC(=O)N(c3ccccc3)[C@H]2N1. The van der Waals surface area contributed by atoms with Crippen LogP contribution in [0.4, 0.5) is 15.3 Å². The molecule has 2 saturated heterocycles. The Balaban J connectivity index is 1.95. The van der Waals surface area contributed by atoms with Crippen LogP contribution >= 0.6 is 0 Å². The van der Waals surface area contributed by atoms with Gasteiger partial charge in [-0.1, -0.05) is 18.2 Å². The lowest BCUT2D eigenvalue weighted by atomic mass is 10.3. The van der Waals surface area contributed by atoms with Gasteiger partial charge in [-0.25, -0.2) is 9.59 Å². The van der Waals surface area contributed by atoms with Gasteiger partial charge < -0.3 is 16.0 Å². The van der Waals surface area contributed by atoms with Gasteiger partial charge in [0.15, 0.2) is 6.17 Å². The number of para-hydroxylation sites is 1. The number of urea groups is 2. The zero-order chi connectivity index (χ0) is 11.1. The fourth-order valence-electron chi connectivity index (χ4n) is 2.00. The molecule has 16 heavy (non-hydrogen) atoms. The van der Waals surface area contributed by atoms with Gasteiger partial charge in [0.1, 0.15) is 6.17 Å². The molecule has 1 aromatic rings. The average molecular weight is 218 g/mol. The summed E-state index contributed by atoms with van der Waals surface area (Å²) < 4.78 is 0. The molecule has 2 aliphatic heterocycles. The van der Waals surface area contributed by atoms with Crippen molar-refractivity contribution in [1.29, 1.82) is 0 Å². The molecule has 0 saturated carbocycles. The fourth-order valence-corrected chi connectivity index (χ4v) is 2.00. The summed E-state index contributed by atoms with van der Waals surface area (Å²) in [5.74, 6) is 0. The zero-order valence-electron chi connectivity index (χ0n) is 8.31. The van der Waals surface area contributed by atoms with E-state index in [4.69, 9.17) is 0 Å². The maximum Gasteiger partial charge on any atom is 0.325 e. The Hall–Kier alpha value is -2.24. The first-order valence-electron chi connectivity index (χ1n) is 4.97. The summed E-state index contributed by atoms with van der Waals surface area (Å²) in [5, 5.41) is 8.00. The molecular formula is C10H10N4O2. The highest BCUT2D eigenvalue weighted by molar-refractivity contribution is 5.98. The topological polar surface area (TPSA) is 73.5 Å². The highest BCUT2D eigenvalue weighted by Crippen LogP contribution is 2.22. The first kappa shape index (κ1) is 9.02. The molecule has 2 fully saturated rings. The molecule has 0 unspecified atom stereocenters. The largest absolute Gasteiger partial charge is 0.325 e. The fraction of sp³-hybridized carbons (Fsp3) is 0.200. The normalized spacial score (nSPS) is 27.1. The minimum atomic E-state index is -0.361. The molecule has 3 N–H and O–H groups in total. The number of amides is 4. The predicted molar refractivity (Wildman–Crippen MR) is 56.7 cm³/mol. The van der Waals surface area contributed by atoms with Crippen molar-refractivity contribution in [3.8, 4) is 0 Å². The summed E-state index contributed by atoms with van der Waals surface area (Å²) in [6.45, 7) is 0. The van der Waals surface area contributed by atoms with Crippen molar-refractivity contribution in [2.75, 3.05) is 4.90 Å². The molecule has 0 bridgehead atoms. The number of fused-ring (bicyclic) bond motifs is 1. The third-order valence-electron chi connectivity index (χ3n) is 2.69. The lowest BCUT2D eigenvalue weighted by Crippen LogP contribution is -2.43. The van der Waals surface area contributed by atoms with Gasteiger partial charge >= 0.3 is 12.1 Å². The number of anilines is 1. The molecule has 2 heterocycles. The standard InChI is InChI=1S/C10H10N4O2/c15-9-11-7-8(13-9)14(10(16)12-7)6-4-2-1-3-5-6/h1-5,7-8H,(H,12,16)(H2,11,13,15)/t7-,8+/m0/s1. The van der Waals surface area contributed by atoms with Crippen LogP contribution in [-0.2, 0) is 0 Å². The molecule has 0 aromatic heterocycles. The zero-order valence-corrected chi connectivity index (χ0v) is 8.31. The molecule has 82 valence electrons. The Kier molecular flexibility index (Phi) is 1.76. The summed E-state index contributed by atoms with van der Waals surface area (Å²) in [5.41, 5.74) is 0.761. The number of benzene rings is 1. The lowest BCUT2D eigenvalue weighted by molar-refractivity contribution is 0.242. The first-order chi connectivity index (χ1) is 7.75. The van der Waals surface area contributed by atoms with Crippen LogP contribution in [0, 0.1) is 0 Å². The molecule has 4 amide bonds. The maximum absolute atomic E-state index is 11.7. The number of hydrogen-bond acceptors (Lipinski definition) is 2. The molecule has 2 aliphatic rings. The molecule has 2 atom stereocenters. The van der Waals surface area contributed by atoms with Gasteiger partial charge in [0.05, 0.1) is 0 Å². The molecule has 0 spiro atoms. The van der Waals surface area contributed by atoms with Crippen LogP contribution in [0.1, 0.15) is 0 Å².